The number of rotatable bonds is 6. The third-order valence-electron chi connectivity index (χ3n) is 5.39. The average molecular weight is 322 g/mol. The first-order chi connectivity index (χ1) is 11.7. The molecule has 0 heterocycles. The van der Waals surface area contributed by atoms with Crippen molar-refractivity contribution in [3.05, 3.63) is 54.1 Å². The van der Waals surface area contributed by atoms with Crippen molar-refractivity contribution in [2.45, 2.75) is 52.4 Å². The summed E-state index contributed by atoms with van der Waals surface area (Å²) in [4.78, 5) is 0. The highest BCUT2D eigenvalue weighted by Crippen LogP contribution is 2.32. The first kappa shape index (κ1) is 17.1. The molecule has 1 saturated carbocycles. The second-order valence-corrected chi connectivity index (χ2v) is 7.38. The molecule has 0 N–H and O–H groups in total. The topological polar surface area (TPSA) is 9.23 Å². The van der Waals surface area contributed by atoms with E-state index in [1.165, 1.54) is 55.2 Å². The summed E-state index contributed by atoms with van der Waals surface area (Å²) >= 11 is 0. The molecule has 0 saturated heterocycles. The first-order valence-corrected chi connectivity index (χ1v) is 9.54. The maximum atomic E-state index is 6.05. The number of ether oxygens (including phenoxy) is 1. The lowest BCUT2D eigenvalue weighted by molar-refractivity contribution is 0.178. The molecular formula is C23H30O. The van der Waals surface area contributed by atoms with Crippen LogP contribution >= 0.6 is 0 Å². The normalized spacial score (nSPS) is 20.8. The van der Waals surface area contributed by atoms with Crippen molar-refractivity contribution in [2.75, 3.05) is 6.61 Å². The van der Waals surface area contributed by atoms with Crippen LogP contribution in [-0.4, -0.2) is 6.61 Å². The summed E-state index contributed by atoms with van der Waals surface area (Å²) in [6.45, 7) is 5.30. The number of hydrogen-bond acceptors (Lipinski definition) is 1. The molecule has 0 bridgehead atoms. The molecule has 0 unspecified atom stereocenters. The van der Waals surface area contributed by atoms with Crippen molar-refractivity contribution < 1.29 is 4.74 Å². The van der Waals surface area contributed by atoms with Crippen LogP contribution in [0.4, 0.5) is 0 Å². The summed E-state index contributed by atoms with van der Waals surface area (Å²) in [7, 11) is 0. The standard InChI is InChI=1S/C23H30O/c1-3-4-19-7-9-20(10-8-19)17-24-23-15-13-22(14-16-23)21-11-5-18(2)6-12-21/h5-6,11-16,19-20H,3-4,7-10,17H2,1-2H3. The second kappa shape index (κ2) is 8.37. The van der Waals surface area contributed by atoms with Gasteiger partial charge in [-0.2, -0.15) is 0 Å². The van der Waals surface area contributed by atoms with Gasteiger partial charge in [0.05, 0.1) is 6.61 Å². The SMILES string of the molecule is CCCC1CCC(COc2ccc(-c3ccc(C)cc3)cc2)CC1. The molecule has 1 nitrogen and oxygen atoms in total. The molecule has 128 valence electrons. The molecule has 0 aromatic heterocycles. The van der Waals surface area contributed by atoms with Gasteiger partial charge in [-0.25, -0.2) is 0 Å². The predicted octanol–water partition coefficient (Wildman–Crippen LogP) is 6.65. The lowest BCUT2D eigenvalue weighted by atomic mass is 9.80. The molecule has 0 aliphatic heterocycles. The highest BCUT2D eigenvalue weighted by molar-refractivity contribution is 5.64. The number of benzene rings is 2. The van der Waals surface area contributed by atoms with Gasteiger partial charge in [-0.1, -0.05) is 74.6 Å². The van der Waals surface area contributed by atoms with Gasteiger partial charge in [0, 0.05) is 0 Å². The fourth-order valence-corrected chi connectivity index (χ4v) is 3.80. The van der Waals surface area contributed by atoms with Crippen LogP contribution in [0.15, 0.2) is 48.5 Å². The Kier molecular flexibility index (Phi) is 5.96. The van der Waals surface area contributed by atoms with E-state index in [1.54, 1.807) is 0 Å². The quantitative estimate of drug-likeness (QED) is 0.578. The Balaban J connectivity index is 1.49. The average Bonchev–Trinajstić information content (AvgIpc) is 2.63. The fourth-order valence-electron chi connectivity index (χ4n) is 3.80. The van der Waals surface area contributed by atoms with Gasteiger partial charge >= 0.3 is 0 Å². The van der Waals surface area contributed by atoms with Crippen LogP contribution in [0, 0.1) is 18.8 Å². The Labute approximate surface area is 147 Å². The minimum atomic E-state index is 0.745. The third-order valence-corrected chi connectivity index (χ3v) is 5.39. The van der Waals surface area contributed by atoms with Crippen molar-refractivity contribution >= 4 is 0 Å². The van der Waals surface area contributed by atoms with Crippen LogP contribution in [0.2, 0.25) is 0 Å². The van der Waals surface area contributed by atoms with E-state index in [0.29, 0.717) is 0 Å². The maximum Gasteiger partial charge on any atom is 0.119 e. The zero-order valence-electron chi connectivity index (χ0n) is 15.1. The van der Waals surface area contributed by atoms with Crippen molar-refractivity contribution in [2.24, 2.45) is 11.8 Å². The summed E-state index contributed by atoms with van der Waals surface area (Å²) in [5.74, 6) is 2.72. The van der Waals surface area contributed by atoms with E-state index >= 15 is 0 Å². The van der Waals surface area contributed by atoms with Crippen molar-refractivity contribution in [3.63, 3.8) is 0 Å². The lowest BCUT2D eigenvalue weighted by Crippen LogP contribution is -2.20. The molecule has 24 heavy (non-hydrogen) atoms. The van der Waals surface area contributed by atoms with Gasteiger partial charge < -0.3 is 4.74 Å². The summed E-state index contributed by atoms with van der Waals surface area (Å²) in [6, 6.07) is 17.2. The summed E-state index contributed by atoms with van der Waals surface area (Å²) in [5.41, 5.74) is 3.82. The van der Waals surface area contributed by atoms with E-state index in [2.05, 4.69) is 62.4 Å². The smallest absolute Gasteiger partial charge is 0.119 e. The van der Waals surface area contributed by atoms with E-state index in [1.807, 2.05) is 0 Å². The lowest BCUT2D eigenvalue weighted by Gasteiger charge is -2.28. The van der Waals surface area contributed by atoms with E-state index in [-0.39, 0.29) is 0 Å². The van der Waals surface area contributed by atoms with Crippen LogP contribution in [0.25, 0.3) is 11.1 Å². The Hall–Kier alpha value is -1.76. The van der Waals surface area contributed by atoms with E-state index < -0.39 is 0 Å². The second-order valence-electron chi connectivity index (χ2n) is 7.38. The van der Waals surface area contributed by atoms with Crippen LogP contribution in [0.3, 0.4) is 0 Å². The molecule has 1 fully saturated rings. The minimum absolute atomic E-state index is 0.745. The third kappa shape index (κ3) is 4.63. The van der Waals surface area contributed by atoms with Crippen LogP contribution in [-0.2, 0) is 0 Å². The predicted molar refractivity (Wildman–Crippen MR) is 102 cm³/mol. The molecule has 1 heteroatoms. The summed E-state index contributed by atoms with van der Waals surface area (Å²) < 4.78 is 6.05. The zero-order chi connectivity index (χ0) is 16.8. The monoisotopic (exact) mass is 322 g/mol. The van der Waals surface area contributed by atoms with Gasteiger partial charge in [0.1, 0.15) is 5.75 Å². The highest BCUT2D eigenvalue weighted by Gasteiger charge is 2.20. The zero-order valence-corrected chi connectivity index (χ0v) is 15.1. The molecular weight excluding hydrogens is 292 g/mol. The molecule has 3 rings (SSSR count). The van der Waals surface area contributed by atoms with E-state index in [4.69, 9.17) is 4.74 Å². The van der Waals surface area contributed by atoms with Crippen LogP contribution < -0.4 is 4.74 Å². The van der Waals surface area contributed by atoms with E-state index in [9.17, 15) is 0 Å². The highest BCUT2D eigenvalue weighted by atomic mass is 16.5. The van der Waals surface area contributed by atoms with Gasteiger partial charge in [-0.05, 0) is 54.9 Å². The van der Waals surface area contributed by atoms with Crippen molar-refractivity contribution in [1.29, 1.82) is 0 Å². The molecule has 0 atom stereocenters. The summed E-state index contributed by atoms with van der Waals surface area (Å²) in [6.07, 6.45) is 8.22. The minimum Gasteiger partial charge on any atom is -0.493 e. The van der Waals surface area contributed by atoms with Crippen molar-refractivity contribution in [1.82, 2.24) is 0 Å². The van der Waals surface area contributed by atoms with Crippen molar-refractivity contribution in [3.8, 4) is 16.9 Å². The summed E-state index contributed by atoms with van der Waals surface area (Å²) in [5, 5.41) is 0. The van der Waals surface area contributed by atoms with Crippen LogP contribution in [0.1, 0.15) is 51.0 Å². The molecule has 0 radical (unpaired) electrons. The largest absolute Gasteiger partial charge is 0.493 e. The Morgan fingerprint density at radius 3 is 1.92 bits per heavy atom. The Morgan fingerprint density at radius 2 is 1.33 bits per heavy atom. The van der Waals surface area contributed by atoms with Gasteiger partial charge in [-0.15, -0.1) is 0 Å². The van der Waals surface area contributed by atoms with E-state index in [0.717, 1.165) is 24.2 Å². The van der Waals surface area contributed by atoms with Gasteiger partial charge in [0.15, 0.2) is 0 Å². The molecule has 1 aliphatic carbocycles. The first-order valence-electron chi connectivity index (χ1n) is 9.54. The number of hydrogen-bond donors (Lipinski definition) is 0. The molecule has 2 aromatic rings. The number of aryl methyl sites for hydroxylation is 1. The maximum absolute atomic E-state index is 6.05. The Bertz CT molecular complexity index is 603. The fraction of sp³-hybridized carbons (Fsp3) is 0.478. The van der Waals surface area contributed by atoms with Crippen LogP contribution in [0.5, 0.6) is 5.75 Å². The molecule has 0 amide bonds. The molecule has 1 aliphatic rings. The van der Waals surface area contributed by atoms with Gasteiger partial charge in [-0.3, -0.25) is 0 Å². The van der Waals surface area contributed by atoms with Gasteiger partial charge in [0.2, 0.25) is 0 Å². The van der Waals surface area contributed by atoms with Gasteiger partial charge in [0.25, 0.3) is 0 Å². The molecule has 0 spiro atoms. The Morgan fingerprint density at radius 1 is 0.792 bits per heavy atom. The molecule has 2 aromatic carbocycles.